The molecule has 2 aromatic carbocycles. The van der Waals surface area contributed by atoms with E-state index in [9.17, 15) is 19.7 Å². The fourth-order valence-electron chi connectivity index (χ4n) is 2.44. The van der Waals surface area contributed by atoms with E-state index in [1.165, 1.54) is 24.3 Å². The van der Waals surface area contributed by atoms with Gasteiger partial charge in [0.25, 0.3) is 11.6 Å². The molecule has 29 heavy (non-hydrogen) atoms. The molecule has 0 bridgehead atoms. The van der Waals surface area contributed by atoms with E-state index in [2.05, 4.69) is 5.32 Å². The maximum absolute atomic E-state index is 11.8. The van der Waals surface area contributed by atoms with E-state index in [1.54, 1.807) is 12.1 Å². The molecule has 1 aliphatic heterocycles. The van der Waals surface area contributed by atoms with Crippen molar-refractivity contribution < 1.29 is 33.5 Å². The number of nitro groups is 1. The number of rotatable bonds is 8. The van der Waals surface area contributed by atoms with Gasteiger partial charge in [0.15, 0.2) is 24.7 Å². The highest BCUT2D eigenvalue weighted by Gasteiger charge is 2.21. The summed E-state index contributed by atoms with van der Waals surface area (Å²) in [7, 11) is 0. The largest absolute Gasteiger partial charge is 0.486 e. The third-order valence-electron chi connectivity index (χ3n) is 3.86. The minimum Gasteiger partial charge on any atom is -0.486 e. The standard InChI is InChI=1S/C19H18N2O8/c22-18(20-9-15-10-27-16-3-1-2-4-17(16)29-15)11-28-19(23)12-26-14-7-5-13(6-8-14)21(24)25/h1-8,15H,9-12H2,(H,20,22)/t15-/m0/s1. The predicted octanol–water partition coefficient (Wildman–Crippen LogP) is 1.47. The number of nitrogens with one attached hydrogen (secondary N) is 1. The minimum atomic E-state index is -0.746. The zero-order valence-electron chi connectivity index (χ0n) is 15.2. The number of esters is 1. The van der Waals surface area contributed by atoms with Crippen LogP contribution < -0.4 is 19.5 Å². The van der Waals surface area contributed by atoms with Crippen LogP contribution in [0.5, 0.6) is 17.2 Å². The van der Waals surface area contributed by atoms with E-state index in [-0.39, 0.29) is 24.1 Å². The zero-order valence-corrected chi connectivity index (χ0v) is 15.2. The fourth-order valence-corrected chi connectivity index (χ4v) is 2.44. The number of carbonyl (C=O) groups is 2. The van der Waals surface area contributed by atoms with Crippen molar-refractivity contribution in [3.05, 3.63) is 58.6 Å². The van der Waals surface area contributed by atoms with Gasteiger partial charge in [-0.15, -0.1) is 0 Å². The van der Waals surface area contributed by atoms with Gasteiger partial charge in [0.05, 0.1) is 11.5 Å². The first-order valence-corrected chi connectivity index (χ1v) is 8.69. The summed E-state index contributed by atoms with van der Waals surface area (Å²) in [6, 6.07) is 12.5. The van der Waals surface area contributed by atoms with Gasteiger partial charge in [-0.3, -0.25) is 14.9 Å². The molecule has 1 amide bonds. The monoisotopic (exact) mass is 402 g/mol. The molecule has 0 saturated heterocycles. The average Bonchev–Trinajstić information content (AvgIpc) is 2.75. The molecule has 1 aliphatic rings. The van der Waals surface area contributed by atoms with Crippen LogP contribution in [0.3, 0.4) is 0 Å². The summed E-state index contributed by atoms with van der Waals surface area (Å²) in [5, 5.41) is 13.2. The van der Waals surface area contributed by atoms with Crippen LogP contribution in [0.25, 0.3) is 0 Å². The Morgan fingerprint density at radius 2 is 1.83 bits per heavy atom. The lowest BCUT2D eigenvalue weighted by atomic mass is 10.2. The number of ether oxygens (including phenoxy) is 4. The molecule has 3 rings (SSSR count). The Labute approximate surface area is 165 Å². The average molecular weight is 402 g/mol. The molecular weight excluding hydrogens is 384 g/mol. The van der Waals surface area contributed by atoms with Crippen molar-refractivity contribution >= 4 is 17.6 Å². The molecule has 10 nitrogen and oxygen atoms in total. The topological polar surface area (TPSA) is 126 Å². The van der Waals surface area contributed by atoms with Gasteiger partial charge < -0.3 is 24.3 Å². The van der Waals surface area contributed by atoms with Gasteiger partial charge in [-0.05, 0) is 24.3 Å². The van der Waals surface area contributed by atoms with Gasteiger partial charge in [-0.1, -0.05) is 12.1 Å². The SMILES string of the molecule is O=C(COC(=O)COc1ccc([N+](=O)[O-])cc1)NC[C@H]1COc2ccccc2O1. The Bertz CT molecular complexity index is 884. The number of fused-ring (bicyclic) bond motifs is 1. The molecule has 0 saturated carbocycles. The maximum atomic E-state index is 11.8. The van der Waals surface area contributed by atoms with E-state index in [0.29, 0.717) is 18.1 Å². The maximum Gasteiger partial charge on any atom is 0.344 e. The third kappa shape index (κ3) is 5.83. The molecule has 0 radical (unpaired) electrons. The van der Waals surface area contributed by atoms with Crippen molar-refractivity contribution in [3.8, 4) is 17.2 Å². The number of hydrogen-bond donors (Lipinski definition) is 1. The molecule has 1 heterocycles. The summed E-state index contributed by atoms with van der Waals surface area (Å²) in [5.74, 6) is 0.289. The van der Waals surface area contributed by atoms with Crippen LogP contribution in [0.2, 0.25) is 0 Å². The van der Waals surface area contributed by atoms with Gasteiger partial charge in [-0.2, -0.15) is 0 Å². The Balaban J connectivity index is 1.33. The first-order valence-electron chi connectivity index (χ1n) is 8.69. The van der Waals surface area contributed by atoms with Gasteiger partial charge in [-0.25, -0.2) is 4.79 Å². The molecule has 1 N–H and O–H groups in total. The van der Waals surface area contributed by atoms with Crippen molar-refractivity contribution in [2.24, 2.45) is 0 Å². The van der Waals surface area contributed by atoms with Gasteiger partial charge in [0.2, 0.25) is 0 Å². The number of nitrogens with zero attached hydrogens (tertiary/aromatic N) is 1. The molecule has 2 aromatic rings. The molecule has 0 aliphatic carbocycles. The summed E-state index contributed by atoms with van der Waals surface area (Å²) >= 11 is 0. The van der Waals surface area contributed by atoms with Crippen LogP contribution >= 0.6 is 0 Å². The number of nitro benzene ring substituents is 1. The number of benzene rings is 2. The summed E-state index contributed by atoms with van der Waals surface area (Å²) in [6.45, 7) is -0.405. The van der Waals surface area contributed by atoms with Crippen molar-refractivity contribution in [2.75, 3.05) is 26.4 Å². The Morgan fingerprint density at radius 1 is 1.10 bits per heavy atom. The van der Waals surface area contributed by atoms with E-state index in [1.807, 2.05) is 12.1 Å². The molecule has 152 valence electrons. The van der Waals surface area contributed by atoms with E-state index >= 15 is 0 Å². The van der Waals surface area contributed by atoms with Crippen LogP contribution in [0.15, 0.2) is 48.5 Å². The van der Waals surface area contributed by atoms with E-state index in [4.69, 9.17) is 18.9 Å². The number of para-hydroxylation sites is 2. The molecule has 0 spiro atoms. The first kappa shape index (κ1) is 19.9. The molecule has 1 atom stereocenters. The summed E-state index contributed by atoms with van der Waals surface area (Å²) in [4.78, 5) is 33.5. The summed E-state index contributed by atoms with van der Waals surface area (Å²) < 4.78 is 21.2. The van der Waals surface area contributed by atoms with Crippen molar-refractivity contribution in [1.82, 2.24) is 5.32 Å². The fraction of sp³-hybridized carbons (Fsp3) is 0.263. The number of non-ortho nitro benzene ring substituents is 1. The highest BCUT2D eigenvalue weighted by molar-refractivity contribution is 5.80. The molecule has 0 aromatic heterocycles. The van der Waals surface area contributed by atoms with Gasteiger partial charge >= 0.3 is 5.97 Å². The molecule has 10 heteroatoms. The highest BCUT2D eigenvalue weighted by atomic mass is 16.6. The van der Waals surface area contributed by atoms with Crippen LogP contribution in [-0.4, -0.2) is 49.3 Å². The van der Waals surface area contributed by atoms with Gasteiger partial charge in [0.1, 0.15) is 18.5 Å². The Kier molecular flexibility index (Phi) is 6.46. The van der Waals surface area contributed by atoms with Crippen molar-refractivity contribution in [2.45, 2.75) is 6.10 Å². The van der Waals surface area contributed by atoms with E-state index in [0.717, 1.165) is 0 Å². The number of carbonyl (C=O) groups excluding carboxylic acids is 2. The molecule has 0 unspecified atom stereocenters. The molecular formula is C19H18N2O8. The van der Waals surface area contributed by atoms with Crippen molar-refractivity contribution in [1.29, 1.82) is 0 Å². The summed E-state index contributed by atoms with van der Waals surface area (Å²) in [6.07, 6.45) is -0.352. The third-order valence-corrected chi connectivity index (χ3v) is 3.86. The quantitative estimate of drug-likeness (QED) is 0.400. The minimum absolute atomic E-state index is 0.0903. The second kappa shape index (κ2) is 9.40. The number of hydrogen-bond acceptors (Lipinski definition) is 8. The zero-order chi connectivity index (χ0) is 20.6. The van der Waals surface area contributed by atoms with Crippen LogP contribution in [-0.2, 0) is 14.3 Å². The van der Waals surface area contributed by atoms with Gasteiger partial charge in [0, 0.05) is 12.1 Å². The smallest absolute Gasteiger partial charge is 0.344 e. The Hall–Kier alpha value is -3.82. The van der Waals surface area contributed by atoms with E-state index < -0.39 is 30.0 Å². The number of amides is 1. The lowest BCUT2D eigenvalue weighted by Gasteiger charge is -2.26. The first-order chi connectivity index (χ1) is 14.0. The Morgan fingerprint density at radius 3 is 2.55 bits per heavy atom. The second-order valence-electron chi connectivity index (χ2n) is 6.00. The second-order valence-corrected chi connectivity index (χ2v) is 6.00. The predicted molar refractivity (Wildman–Crippen MR) is 98.9 cm³/mol. The highest BCUT2D eigenvalue weighted by Crippen LogP contribution is 2.30. The lowest BCUT2D eigenvalue weighted by molar-refractivity contribution is -0.384. The lowest BCUT2D eigenvalue weighted by Crippen LogP contribution is -2.42. The van der Waals surface area contributed by atoms with Crippen LogP contribution in [0.1, 0.15) is 0 Å². The van der Waals surface area contributed by atoms with Crippen molar-refractivity contribution in [3.63, 3.8) is 0 Å². The normalized spacial score (nSPS) is 14.6. The van der Waals surface area contributed by atoms with Crippen LogP contribution in [0, 0.1) is 10.1 Å². The molecule has 0 fully saturated rings. The summed E-state index contributed by atoms with van der Waals surface area (Å²) in [5.41, 5.74) is -0.0903. The van der Waals surface area contributed by atoms with Crippen LogP contribution in [0.4, 0.5) is 5.69 Å².